The van der Waals surface area contributed by atoms with Gasteiger partial charge in [-0.3, -0.25) is 9.69 Å². The molecule has 4 rings (SSSR count). The molecule has 1 N–H and O–H groups in total. The lowest BCUT2D eigenvalue weighted by Crippen LogP contribution is -2.40. The summed E-state index contributed by atoms with van der Waals surface area (Å²) in [5.41, 5.74) is 2.28. The maximum Gasteiger partial charge on any atom is 0.325 e. The Labute approximate surface area is 145 Å². The first-order chi connectivity index (χ1) is 12.0. The van der Waals surface area contributed by atoms with Crippen molar-refractivity contribution in [3.05, 3.63) is 71.7 Å². The third-order valence-corrected chi connectivity index (χ3v) is 4.64. The zero-order valence-corrected chi connectivity index (χ0v) is 14.1. The predicted octanol–water partition coefficient (Wildman–Crippen LogP) is 2.61. The van der Waals surface area contributed by atoms with Crippen molar-refractivity contribution in [1.82, 2.24) is 19.6 Å². The van der Waals surface area contributed by atoms with Crippen molar-refractivity contribution in [1.29, 1.82) is 0 Å². The highest BCUT2D eigenvalue weighted by Gasteiger charge is 2.49. The molecule has 1 aromatic carbocycles. The molecule has 3 amide bonds. The number of pyridine rings is 1. The second kappa shape index (κ2) is 5.44. The van der Waals surface area contributed by atoms with Gasteiger partial charge in [-0.05, 0) is 31.5 Å². The van der Waals surface area contributed by atoms with Crippen molar-refractivity contribution in [2.45, 2.75) is 25.9 Å². The first-order valence-electron chi connectivity index (χ1n) is 8.11. The van der Waals surface area contributed by atoms with E-state index in [0.717, 1.165) is 16.8 Å². The highest BCUT2D eigenvalue weighted by atomic mass is 16.2. The molecule has 0 aliphatic carbocycles. The van der Waals surface area contributed by atoms with Gasteiger partial charge in [0.15, 0.2) is 0 Å². The molecule has 3 heterocycles. The quantitative estimate of drug-likeness (QED) is 0.749. The Hall–Kier alpha value is -3.15. The topological polar surface area (TPSA) is 66.7 Å². The van der Waals surface area contributed by atoms with Crippen LogP contribution in [0.2, 0.25) is 0 Å². The monoisotopic (exact) mass is 334 g/mol. The molecule has 3 aromatic rings. The number of imide groups is 1. The number of hydrogen-bond acceptors (Lipinski definition) is 3. The van der Waals surface area contributed by atoms with E-state index in [1.165, 1.54) is 4.90 Å². The maximum atomic E-state index is 13.0. The predicted molar refractivity (Wildman–Crippen MR) is 92.8 cm³/mol. The molecule has 1 fully saturated rings. The molecule has 25 heavy (non-hydrogen) atoms. The van der Waals surface area contributed by atoms with Crippen molar-refractivity contribution in [3.8, 4) is 0 Å². The standard InChI is InChI=1S/C19H18N4O2/c1-13-6-8-14(9-7-13)19(2)17(24)23(18(25)21-19)12-15-11-22-10-4-3-5-16(22)20-15/h3-11H,12H2,1-2H3,(H,21,25). The zero-order valence-electron chi connectivity index (χ0n) is 14.1. The number of aryl methyl sites for hydroxylation is 1. The van der Waals surface area contributed by atoms with Crippen molar-refractivity contribution >= 4 is 17.6 Å². The molecule has 0 bridgehead atoms. The lowest BCUT2D eigenvalue weighted by molar-refractivity contribution is -0.131. The van der Waals surface area contributed by atoms with Crippen LogP contribution in [0.4, 0.5) is 4.79 Å². The summed E-state index contributed by atoms with van der Waals surface area (Å²) in [5, 5.41) is 2.82. The second-order valence-electron chi connectivity index (χ2n) is 6.51. The summed E-state index contributed by atoms with van der Waals surface area (Å²) in [6.45, 7) is 3.87. The number of nitrogens with zero attached hydrogens (tertiary/aromatic N) is 3. The van der Waals surface area contributed by atoms with Crippen molar-refractivity contribution in [3.63, 3.8) is 0 Å². The molecule has 6 nitrogen and oxygen atoms in total. The Morgan fingerprint density at radius 2 is 1.88 bits per heavy atom. The van der Waals surface area contributed by atoms with E-state index in [0.29, 0.717) is 5.69 Å². The Balaban J connectivity index is 1.63. The van der Waals surface area contributed by atoms with Crippen LogP contribution in [0.1, 0.15) is 23.7 Å². The van der Waals surface area contributed by atoms with Crippen LogP contribution in [0.25, 0.3) is 5.65 Å². The third kappa shape index (κ3) is 2.46. The van der Waals surface area contributed by atoms with Gasteiger partial charge in [0.1, 0.15) is 11.2 Å². The number of benzene rings is 1. The highest BCUT2D eigenvalue weighted by Crippen LogP contribution is 2.29. The van der Waals surface area contributed by atoms with Crippen molar-refractivity contribution < 1.29 is 9.59 Å². The number of rotatable bonds is 3. The molecule has 0 spiro atoms. The van der Waals surface area contributed by atoms with Gasteiger partial charge in [0, 0.05) is 12.4 Å². The van der Waals surface area contributed by atoms with E-state index in [1.54, 1.807) is 6.92 Å². The Kier molecular flexibility index (Phi) is 3.35. The lowest BCUT2D eigenvalue weighted by Gasteiger charge is -2.22. The number of carbonyl (C=O) groups excluding carboxylic acids is 2. The molecular formula is C19H18N4O2. The number of carbonyl (C=O) groups is 2. The minimum absolute atomic E-state index is 0.147. The average Bonchev–Trinajstić information content (AvgIpc) is 3.10. The summed E-state index contributed by atoms with van der Waals surface area (Å²) in [6.07, 6.45) is 3.71. The van der Waals surface area contributed by atoms with Gasteiger partial charge in [-0.2, -0.15) is 0 Å². The van der Waals surface area contributed by atoms with Gasteiger partial charge < -0.3 is 9.72 Å². The maximum absolute atomic E-state index is 13.0. The van der Waals surface area contributed by atoms with E-state index in [4.69, 9.17) is 0 Å². The van der Waals surface area contributed by atoms with E-state index in [9.17, 15) is 9.59 Å². The van der Waals surface area contributed by atoms with Crippen LogP contribution in [-0.2, 0) is 16.9 Å². The van der Waals surface area contributed by atoms with Gasteiger partial charge in [-0.25, -0.2) is 9.78 Å². The number of amides is 3. The fourth-order valence-electron chi connectivity index (χ4n) is 3.15. The van der Waals surface area contributed by atoms with Gasteiger partial charge >= 0.3 is 6.03 Å². The normalized spacial score (nSPS) is 20.3. The van der Waals surface area contributed by atoms with E-state index in [-0.39, 0.29) is 12.5 Å². The fraction of sp³-hybridized carbons (Fsp3) is 0.211. The summed E-state index contributed by atoms with van der Waals surface area (Å²) in [4.78, 5) is 31.1. The summed E-state index contributed by atoms with van der Waals surface area (Å²) >= 11 is 0. The first-order valence-corrected chi connectivity index (χ1v) is 8.11. The molecule has 1 saturated heterocycles. The SMILES string of the molecule is Cc1ccc(C2(C)NC(=O)N(Cc3cn4ccccc4n3)C2=O)cc1. The van der Waals surface area contributed by atoms with Gasteiger partial charge in [0.2, 0.25) is 0 Å². The van der Waals surface area contributed by atoms with Crippen LogP contribution < -0.4 is 5.32 Å². The smallest absolute Gasteiger partial charge is 0.319 e. The van der Waals surface area contributed by atoms with Crippen LogP contribution in [0.15, 0.2) is 54.9 Å². The Morgan fingerprint density at radius 3 is 2.60 bits per heavy atom. The Morgan fingerprint density at radius 1 is 1.12 bits per heavy atom. The largest absolute Gasteiger partial charge is 0.325 e. The third-order valence-electron chi connectivity index (χ3n) is 4.64. The number of hydrogen-bond donors (Lipinski definition) is 1. The van der Waals surface area contributed by atoms with E-state index >= 15 is 0 Å². The molecule has 1 unspecified atom stereocenters. The molecular weight excluding hydrogens is 316 g/mol. The molecule has 1 aliphatic rings. The second-order valence-corrected chi connectivity index (χ2v) is 6.51. The van der Waals surface area contributed by atoms with E-state index in [2.05, 4.69) is 10.3 Å². The molecule has 0 radical (unpaired) electrons. The van der Waals surface area contributed by atoms with Crippen LogP contribution in [0.5, 0.6) is 0 Å². The fourth-order valence-corrected chi connectivity index (χ4v) is 3.15. The molecule has 2 aromatic heterocycles. The number of aromatic nitrogens is 2. The molecule has 126 valence electrons. The van der Waals surface area contributed by atoms with E-state index < -0.39 is 11.6 Å². The first kappa shape index (κ1) is 15.4. The summed E-state index contributed by atoms with van der Waals surface area (Å²) in [5.74, 6) is -0.265. The molecule has 6 heteroatoms. The summed E-state index contributed by atoms with van der Waals surface area (Å²) in [6, 6.07) is 12.9. The van der Waals surface area contributed by atoms with Crippen LogP contribution in [0, 0.1) is 6.92 Å². The van der Waals surface area contributed by atoms with E-state index in [1.807, 2.05) is 66.2 Å². The minimum Gasteiger partial charge on any atom is -0.319 e. The van der Waals surface area contributed by atoms with Gasteiger partial charge in [0.05, 0.1) is 12.2 Å². The van der Waals surface area contributed by atoms with Crippen LogP contribution >= 0.6 is 0 Å². The molecule has 0 saturated carbocycles. The summed E-state index contributed by atoms with van der Waals surface area (Å²) in [7, 11) is 0. The van der Waals surface area contributed by atoms with Crippen molar-refractivity contribution in [2.75, 3.05) is 0 Å². The van der Waals surface area contributed by atoms with Gasteiger partial charge in [-0.15, -0.1) is 0 Å². The number of urea groups is 1. The van der Waals surface area contributed by atoms with Crippen LogP contribution in [-0.4, -0.2) is 26.2 Å². The zero-order chi connectivity index (χ0) is 17.6. The molecule has 1 aliphatic heterocycles. The molecule has 1 atom stereocenters. The van der Waals surface area contributed by atoms with Crippen molar-refractivity contribution in [2.24, 2.45) is 0 Å². The van der Waals surface area contributed by atoms with Crippen LogP contribution in [0.3, 0.4) is 0 Å². The lowest BCUT2D eigenvalue weighted by atomic mass is 9.91. The number of nitrogens with one attached hydrogen (secondary N) is 1. The minimum atomic E-state index is -1.05. The number of fused-ring (bicyclic) bond motifs is 1. The Bertz CT molecular complexity index is 944. The highest BCUT2D eigenvalue weighted by molar-refractivity contribution is 6.07. The average molecular weight is 334 g/mol. The summed E-state index contributed by atoms with van der Waals surface area (Å²) < 4.78 is 1.87. The van der Waals surface area contributed by atoms with Gasteiger partial charge in [0.25, 0.3) is 5.91 Å². The van der Waals surface area contributed by atoms with Gasteiger partial charge in [-0.1, -0.05) is 35.9 Å². The number of imidazole rings is 1.